The molecular formula is C54H48N2Pt. The van der Waals surface area contributed by atoms with Crippen molar-refractivity contribution >= 4 is 0 Å². The number of hydrogen-bond donors (Lipinski definition) is 0. The van der Waals surface area contributed by atoms with Crippen LogP contribution in [0.4, 0.5) is 0 Å². The minimum absolute atomic E-state index is 0. The number of aromatic nitrogens is 2. The van der Waals surface area contributed by atoms with E-state index in [4.69, 9.17) is 0 Å². The maximum atomic E-state index is 4.53. The zero-order chi connectivity index (χ0) is 39.3. The second-order valence-corrected chi connectivity index (χ2v) is 14.8. The van der Waals surface area contributed by atoms with Crippen molar-refractivity contribution in [3.8, 4) is 67.0 Å². The molecule has 2 nitrogen and oxygen atoms in total. The van der Waals surface area contributed by atoms with E-state index in [1.165, 1.54) is 89.0 Å². The normalized spacial score (nSPS) is 10.7. The van der Waals surface area contributed by atoms with E-state index >= 15 is 0 Å². The number of benzene rings is 6. The summed E-state index contributed by atoms with van der Waals surface area (Å²) >= 11 is 0. The Morgan fingerprint density at radius 2 is 0.614 bits per heavy atom. The molecule has 0 saturated carbocycles. The van der Waals surface area contributed by atoms with Gasteiger partial charge in [0, 0.05) is 12.4 Å². The largest absolute Gasteiger partial charge is 2.00 e. The molecule has 0 aliphatic carbocycles. The molecule has 6 aromatic carbocycles. The van der Waals surface area contributed by atoms with Gasteiger partial charge in [-0.05, 0) is 112 Å². The Morgan fingerprint density at radius 3 is 0.877 bits per heavy atom. The molecule has 0 saturated heterocycles. The van der Waals surface area contributed by atoms with Gasteiger partial charge in [0.05, 0.1) is 0 Å². The fraction of sp³-hybridized carbons (Fsp3) is 0.148. The van der Waals surface area contributed by atoms with Crippen LogP contribution in [0.25, 0.3) is 67.0 Å². The number of hydrogen-bond acceptors (Lipinski definition) is 2. The van der Waals surface area contributed by atoms with Crippen molar-refractivity contribution in [2.45, 2.75) is 55.4 Å². The Bertz CT molecular complexity index is 2390. The van der Waals surface area contributed by atoms with Gasteiger partial charge in [-0.1, -0.05) is 153 Å². The number of nitrogens with zero attached hydrogens (tertiary/aromatic N) is 2. The molecule has 2 aromatic heterocycles. The molecule has 3 heteroatoms. The predicted molar refractivity (Wildman–Crippen MR) is 237 cm³/mol. The Kier molecular flexibility index (Phi) is 13.0. The van der Waals surface area contributed by atoms with Crippen LogP contribution in [0.15, 0.2) is 146 Å². The van der Waals surface area contributed by atoms with E-state index in [2.05, 4.69) is 175 Å². The van der Waals surface area contributed by atoms with Gasteiger partial charge >= 0.3 is 21.1 Å². The maximum Gasteiger partial charge on any atom is 2.00 e. The van der Waals surface area contributed by atoms with Crippen molar-refractivity contribution in [2.24, 2.45) is 0 Å². The van der Waals surface area contributed by atoms with Crippen molar-refractivity contribution < 1.29 is 21.1 Å². The van der Waals surface area contributed by atoms with Crippen LogP contribution in [0.3, 0.4) is 0 Å². The molecule has 8 aromatic rings. The van der Waals surface area contributed by atoms with E-state index in [1.54, 1.807) is 0 Å². The number of pyridine rings is 2. The summed E-state index contributed by atoms with van der Waals surface area (Å²) < 4.78 is 0. The van der Waals surface area contributed by atoms with Crippen molar-refractivity contribution in [3.05, 3.63) is 202 Å². The smallest absolute Gasteiger partial charge is 0.305 e. The van der Waals surface area contributed by atoms with E-state index in [1.807, 2.05) is 48.8 Å². The second kappa shape index (κ2) is 18.1. The summed E-state index contributed by atoms with van der Waals surface area (Å²) in [4.78, 5) is 9.07. The standard InChI is InChI=1S/2C27H24N.Pt/c2*1-18-9-7-10-19(2)26(18)23-15-14-22(25-13-5-6-16-28-25)17-24(23)27-20(3)11-8-12-21(27)4;/h2*5-13,15-17H,1-4H3;/q2*-1;+2. The molecule has 57 heavy (non-hydrogen) atoms. The summed E-state index contributed by atoms with van der Waals surface area (Å²) in [5, 5.41) is 0. The fourth-order valence-corrected chi connectivity index (χ4v) is 8.11. The molecule has 2 heterocycles. The van der Waals surface area contributed by atoms with Crippen LogP contribution >= 0.6 is 0 Å². The van der Waals surface area contributed by atoms with Gasteiger partial charge in [0.15, 0.2) is 0 Å². The van der Waals surface area contributed by atoms with Crippen LogP contribution in [0.5, 0.6) is 0 Å². The van der Waals surface area contributed by atoms with Gasteiger partial charge in [0.25, 0.3) is 0 Å². The van der Waals surface area contributed by atoms with Gasteiger partial charge in [0.2, 0.25) is 0 Å². The SMILES string of the molecule is Cc1cccc(C)c1-c1c[c-]c(-c2ccccn2)cc1-c1c(C)cccc1C.Cc1cccc(C)c1-c1c[c-]c(-c2ccccn2)cc1-c1c(C)cccc1C.[Pt+2]. The average Bonchev–Trinajstić information content (AvgIpc) is 3.19. The molecule has 0 atom stereocenters. The quantitative estimate of drug-likeness (QED) is 0.155. The monoisotopic (exact) mass is 919 g/mol. The van der Waals surface area contributed by atoms with E-state index in [-0.39, 0.29) is 21.1 Å². The third-order valence-corrected chi connectivity index (χ3v) is 10.8. The zero-order valence-corrected chi connectivity index (χ0v) is 36.3. The molecule has 0 unspecified atom stereocenters. The summed E-state index contributed by atoms with van der Waals surface area (Å²) in [5.74, 6) is 0. The first-order chi connectivity index (χ1) is 27.1. The summed E-state index contributed by atoms with van der Waals surface area (Å²) in [6.45, 7) is 17.5. The van der Waals surface area contributed by atoms with Gasteiger partial charge in [-0.25, -0.2) is 0 Å². The number of aryl methyl sites for hydroxylation is 8. The van der Waals surface area contributed by atoms with Crippen molar-refractivity contribution in [3.63, 3.8) is 0 Å². The molecular weight excluding hydrogens is 872 g/mol. The first-order valence-electron chi connectivity index (χ1n) is 19.3. The third-order valence-electron chi connectivity index (χ3n) is 10.8. The molecule has 0 spiro atoms. The zero-order valence-electron chi connectivity index (χ0n) is 34.1. The summed E-state index contributed by atoms with van der Waals surface area (Å²) in [6, 6.07) is 53.8. The summed E-state index contributed by atoms with van der Waals surface area (Å²) in [5.41, 5.74) is 24.3. The van der Waals surface area contributed by atoms with E-state index < -0.39 is 0 Å². The Labute approximate surface area is 354 Å². The summed E-state index contributed by atoms with van der Waals surface area (Å²) in [6.07, 6.45) is 3.67. The van der Waals surface area contributed by atoms with Crippen LogP contribution in [-0.4, -0.2) is 9.97 Å². The number of rotatable bonds is 6. The van der Waals surface area contributed by atoms with Crippen LogP contribution in [-0.2, 0) is 21.1 Å². The molecule has 8 rings (SSSR count). The van der Waals surface area contributed by atoms with Crippen LogP contribution in [0, 0.1) is 67.5 Å². The predicted octanol–water partition coefficient (Wildman–Crippen LogP) is 14.2. The van der Waals surface area contributed by atoms with E-state index in [9.17, 15) is 0 Å². The van der Waals surface area contributed by atoms with Crippen LogP contribution in [0.2, 0.25) is 0 Å². The van der Waals surface area contributed by atoms with Crippen molar-refractivity contribution in [1.82, 2.24) is 9.97 Å². The van der Waals surface area contributed by atoms with Crippen LogP contribution in [0.1, 0.15) is 44.5 Å². The van der Waals surface area contributed by atoms with Crippen molar-refractivity contribution in [1.29, 1.82) is 0 Å². The average molecular weight is 920 g/mol. The molecule has 0 amide bonds. The fourth-order valence-electron chi connectivity index (χ4n) is 8.11. The minimum atomic E-state index is 0. The van der Waals surface area contributed by atoms with Crippen molar-refractivity contribution in [2.75, 3.05) is 0 Å². The third kappa shape index (κ3) is 8.68. The second-order valence-electron chi connectivity index (χ2n) is 14.8. The maximum absolute atomic E-state index is 4.53. The van der Waals surface area contributed by atoms with Crippen LogP contribution < -0.4 is 0 Å². The molecule has 0 fully saturated rings. The van der Waals surface area contributed by atoms with Gasteiger partial charge in [-0.2, -0.15) is 0 Å². The molecule has 0 N–H and O–H groups in total. The molecule has 0 bridgehead atoms. The first-order valence-corrected chi connectivity index (χ1v) is 19.3. The minimum Gasteiger partial charge on any atom is -0.305 e. The molecule has 0 aliphatic heterocycles. The van der Waals surface area contributed by atoms with Gasteiger partial charge < -0.3 is 9.97 Å². The molecule has 284 valence electrons. The van der Waals surface area contributed by atoms with Gasteiger partial charge in [-0.15, -0.1) is 47.5 Å². The Balaban J connectivity index is 0.000000189. The Hall–Kier alpha value is -5.69. The van der Waals surface area contributed by atoms with Gasteiger partial charge in [0.1, 0.15) is 0 Å². The summed E-state index contributed by atoms with van der Waals surface area (Å²) in [7, 11) is 0. The topological polar surface area (TPSA) is 25.8 Å². The molecule has 0 aliphatic rings. The van der Waals surface area contributed by atoms with E-state index in [0.29, 0.717) is 0 Å². The van der Waals surface area contributed by atoms with E-state index in [0.717, 1.165) is 22.5 Å². The first kappa shape index (κ1) is 41.0. The molecule has 0 radical (unpaired) electrons. The Morgan fingerprint density at radius 1 is 0.333 bits per heavy atom. The van der Waals surface area contributed by atoms with Gasteiger partial charge in [-0.3, -0.25) is 0 Å².